The average Bonchev–Trinajstić information content (AvgIpc) is 2.52. The van der Waals surface area contributed by atoms with E-state index in [-0.39, 0.29) is 5.91 Å². The molecule has 0 aliphatic heterocycles. The minimum Gasteiger partial charge on any atom is -0.493 e. The number of benzene rings is 2. The molecule has 0 saturated heterocycles. The van der Waals surface area contributed by atoms with Gasteiger partial charge in [0.15, 0.2) is 11.5 Å². The molecule has 0 aromatic heterocycles. The summed E-state index contributed by atoms with van der Waals surface area (Å²) in [7, 11) is 1.60. The first-order valence-corrected chi connectivity index (χ1v) is 7.29. The van der Waals surface area contributed by atoms with E-state index >= 15 is 0 Å². The molecule has 0 aliphatic carbocycles. The van der Waals surface area contributed by atoms with Crippen LogP contribution in [0.25, 0.3) is 0 Å². The minimum atomic E-state index is -0.179. The van der Waals surface area contributed by atoms with E-state index in [1.807, 2.05) is 25.1 Å². The van der Waals surface area contributed by atoms with E-state index in [0.29, 0.717) is 35.2 Å². The molecule has 0 bridgehead atoms. The largest absolute Gasteiger partial charge is 0.493 e. The van der Waals surface area contributed by atoms with Crippen molar-refractivity contribution in [3.05, 3.63) is 58.6 Å². The highest BCUT2D eigenvalue weighted by atomic mass is 35.5. The third kappa shape index (κ3) is 4.40. The molecule has 0 heterocycles. The van der Waals surface area contributed by atoms with E-state index in [1.54, 1.807) is 31.4 Å². The molecule has 2 aromatic carbocycles. The van der Waals surface area contributed by atoms with Gasteiger partial charge in [0.2, 0.25) is 0 Å². The van der Waals surface area contributed by atoms with Crippen LogP contribution in [0.2, 0.25) is 5.02 Å². The number of ether oxygens (including phenoxy) is 2. The van der Waals surface area contributed by atoms with Crippen molar-refractivity contribution < 1.29 is 14.3 Å². The highest BCUT2D eigenvalue weighted by Crippen LogP contribution is 2.27. The zero-order valence-electron chi connectivity index (χ0n) is 12.6. The summed E-state index contributed by atoms with van der Waals surface area (Å²) in [6, 6.07) is 12.5. The van der Waals surface area contributed by atoms with E-state index in [9.17, 15) is 4.79 Å². The van der Waals surface area contributed by atoms with Gasteiger partial charge in [0, 0.05) is 10.6 Å². The summed E-state index contributed by atoms with van der Waals surface area (Å²) in [6.07, 6.45) is 0. The Labute approximate surface area is 135 Å². The maximum atomic E-state index is 11.9. The number of carbonyl (C=O) groups excluding carboxylic acids is 1. The van der Waals surface area contributed by atoms with Gasteiger partial charge in [-0.25, -0.2) is 0 Å². The number of amides is 1. The minimum absolute atomic E-state index is 0.179. The van der Waals surface area contributed by atoms with Gasteiger partial charge in [0.05, 0.1) is 13.7 Å². The predicted octanol–water partition coefficient (Wildman–Crippen LogP) is 3.47. The van der Waals surface area contributed by atoms with Crippen molar-refractivity contribution in [2.45, 2.75) is 6.92 Å². The molecule has 5 heteroatoms. The Morgan fingerprint density at radius 3 is 2.73 bits per heavy atom. The van der Waals surface area contributed by atoms with Crippen LogP contribution in [0, 0.1) is 6.92 Å². The van der Waals surface area contributed by atoms with Gasteiger partial charge in [-0.2, -0.15) is 0 Å². The van der Waals surface area contributed by atoms with Crippen molar-refractivity contribution in [3.8, 4) is 11.5 Å². The predicted molar refractivity (Wildman–Crippen MR) is 87.0 cm³/mol. The van der Waals surface area contributed by atoms with Gasteiger partial charge in [-0.1, -0.05) is 23.7 Å². The average molecular weight is 320 g/mol. The lowest BCUT2D eigenvalue weighted by Crippen LogP contribution is -2.28. The molecule has 1 amide bonds. The van der Waals surface area contributed by atoms with Crippen LogP contribution in [0.15, 0.2) is 42.5 Å². The van der Waals surface area contributed by atoms with Crippen molar-refractivity contribution in [2.24, 2.45) is 0 Å². The number of aryl methyl sites for hydroxylation is 1. The van der Waals surface area contributed by atoms with Gasteiger partial charge in [-0.15, -0.1) is 0 Å². The van der Waals surface area contributed by atoms with Gasteiger partial charge in [0.1, 0.15) is 6.61 Å². The lowest BCUT2D eigenvalue weighted by molar-refractivity contribution is 0.0947. The summed E-state index contributed by atoms with van der Waals surface area (Å²) in [4.78, 5) is 11.9. The van der Waals surface area contributed by atoms with Gasteiger partial charge in [0.25, 0.3) is 5.91 Å². The monoisotopic (exact) mass is 319 g/mol. The molecular formula is C17H18ClNO3. The van der Waals surface area contributed by atoms with Crippen LogP contribution < -0.4 is 14.8 Å². The van der Waals surface area contributed by atoms with E-state index in [2.05, 4.69) is 5.32 Å². The van der Waals surface area contributed by atoms with E-state index < -0.39 is 0 Å². The van der Waals surface area contributed by atoms with E-state index in [1.165, 1.54) is 0 Å². The van der Waals surface area contributed by atoms with Crippen molar-refractivity contribution in [1.29, 1.82) is 0 Å². The Bertz CT molecular complexity index is 658. The molecule has 0 fully saturated rings. The molecule has 1 N–H and O–H groups in total. The fourth-order valence-corrected chi connectivity index (χ4v) is 2.14. The Morgan fingerprint density at radius 1 is 1.18 bits per heavy atom. The number of rotatable bonds is 6. The van der Waals surface area contributed by atoms with Crippen LogP contribution >= 0.6 is 11.6 Å². The second-order valence-electron chi connectivity index (χ2n) is 4.77. The first kappa shape index (κ1) is 16.2. The lowest BCUT2D eigenvalue weighted by atomic mass is 10.2. The third-order valence-electron chi connectivity index (χ3n) is 3.05. The van der Waals surface area contributed by atoms with Crippen molar-refractivity contribution >= 4 is 17.5 Å². The Balaban J connectivity index is 1.83. The molecule has 2 aromatic rings. The number of nitrogens with one attached hydrogen (secondary N) is 1. The fraction of sp³-hybridized carbons (Fsp3) is 0.235. The first-order chi connectivity index (χ1) is 10.6. The highest BCUT2D eigenvalue weighted by molar-refractivity contribution is 6.30. The molecule has 116 valence electrons. The maximum absolute atomic E-state index is 11.9. The van der Waals surface area contributed by atoms with Crippen LogP contribution in [0.5, 0.6) is 11.5 Å². The Kier molecular flexibility index (Phi) is 5.67. The molecule has 0 radical (unpaired) electrons. The van der Waals surface area contributed by atoms with Crippen molar-refractivity contribution in [2.75, 3.05) is 20.3 Å². The van der Waals surface area contributed by atoms with Crippen LogP contribution in [0.4, 0.5) is 0 Å². The number of hydrogen-bond acceptors (Lipinski definition) is 3. The number of methoxy groups -OCH3 is 1. The summed E-state index contributed by atoms with van der Waals surface area (Å²) in [5, 5.41) is 3.32. The number of hydrogen-bond donors (Lipinski definition) is 1. The summed E-state index contributed by atoms with van der Waals surface area (Å²) >= 11 is 5.86. The lowest BCUT2D eigenvalue weighted by Gasteiger charge is -2.11. The molecule has 0 saturated carbocycles. The molecule has 2 rings (SSSR count). The smallest absolute Gasteiger partial charge is 0.251 e. The standard InChI is InChI=1S/C17H18ClNO3/c1-12-6-7-15(16(10-12)21-2)22-9-8-19-17(20)13-4-3-5-14(18)11-13/h3-7,10-11H,8-9H2,1-2H3,(H,19,20). The van der Waals surface area contributed by atoms with Gasteiger partial charge in [-0.3, -0.25) is 4.79 Å². The first-order valence-electron chi connectivity index (χ1n) is 6.91. The molecule has 0 aliphatic rings. The third-order valence-corrected chi connectivity index (χ3v) is 3.29. The second-order valence-corrected chi connectivity index (χ2v) is 5.21. The van der Waals surface area contributed by atoms with Crippen LogP contribution in [-0.2, 0) is 0 Å². The highest BCUT2D eigenvalue weighted by Gasteiger charge is 2.07. The van der Waals surface area contributed by atoms with E-state index in [0.717, 1.165) is 5.56 Å². The van der Waals surface area contributed by atoms with Crippen molar-refractivity contribution in [3.63, 3.8) is 0 Å². The Hall–Kier alpha value is -2.20. The van der Waals surface area contributed by atoms with Crippen LogP contribution in [-0.4, -0.2) is 26.2 Å². The topological polar surface area (TPSA) is 47.6 Å². The summed E-state index contributed by atoms with van der Waals surface area (Å²) < 4.78 is 10.9. The summed E-state index contributed by atoms with van der Waals surface area (Å²) in [6.45, 7) is 2.73. The second kappa shape index (κ2) is 7.71. The maximum Gasteiger partial charge on any atom is 0.251 e. The zero-order chi connectivity index (χ0) is 15.9. The molecule has 0 spiro atoms. The van der Waals surface area contributed by atoms with Gasteiger partial charge < -0.3 is 14.8 Å². The molecule has 0 unspecified atom stereocenters. The Morgan fingerprint density at radius 2 is 2.00 bits per heavy atom. The molecule has 4 nitrogen and oxygen atoms in total. The fourth-order valence-electron chi connectivity index (χ4n) is 1.95. The quantitative estimate of drug-likeness (QED) is 0.829. The van der Waals surface area contributed by atoms with Gasteiger partial charge in [-0.05, 0) is 42.8 Å². The summed E-state index contributed by atoms with van der Waals surface area (Å²) in [5.74, 6) is 1.16. The van der Waals surface area contributed by atoms with E-state index in [4.69, 9.17) is 21.1 Å². The molecule has 22 heavy (non-hydrogen) atoms. The normalized spacial score (nSPS) is 10.1. The SMILES string of the molecule is COc1cc(C)ccc1OCCNC(=O)c1cccc(Cl)c1. The van der Waals surface area contributed by atoms with Crippen LogP contribution in [0.3, 0.4) is 0 Å². The van der Waals surface area contributed by atoms with Crippen molar-refractivity contribution in [1.82, 2.24) is 5.32 Å². The molecular weight excluding hydrogens is 302 g/mol. The van der Waals surface area contributed by atoms with Crippen LogP contribution in [0.1, 0.15) is 15.9 Å². The summed E-state index contributed by atoms with van der Waals surface area (Å²) in [5.41, 5.74) is 1.62. The number of halogens is 1. The van der Waals surface area contributed by atoms with Gasteiger partial charge >= 0.3 is 0 Å². The number of carbonyl (C=O) groups is 1. The zero-order valence-corrected chi connectivity index (χ0v) is 13.3. The molecule has 0 atom stereocenters.